The number of H-pyrrole nitrogens is 1. The highest BCUT2D eigenvalue weighted by molar-refractivity contribution is 6.85. The largest absolute Gasteiger partial charge is 0.493 e. The second-order valence-electron chi connectivity index (χ2n) is 17.3. The summed E-state index contributed by atoms with van der Waals surface area (Å²) < 4.78 is 22.9. The van der Waals surface area contributed by atoms with Crippen molar-refractivity contribution in [1.82, 2.24) is 24.9 Å². The number of fused-ring (bicyclic) bond motifs is 2. The molecule has 0 saturated carbocycles. The lowest BCUT2D eigenvalue weighted by Crippen LogP contribution is -2.49. The molecule has 0 amide bonds. The van der Waals surface area contributed by atoms with E-state index in [1.165, 1.54) is 0 Å². The lowest BCUT2D eigenvalue weighted by atomic mass is 10.0. The highest BCUT2D eigenvalue weighted by atomic mass is 35.5. The average molecular weight is 947 g/mol. The number of pyridine rings is 4. The van der Waals surface area contributed by atoms with E-state index >= 15 is 0 Å². The van der Waals surface area contributed by atoms with Crippen LogP contribution in [0.5, 0.6) is 23.0 Å². The first-order valence-corrected chi connectivity index (χ1v) is 25.1. The van der Waals surface area contributed by atoms with E-state index in [0.717, 1.165) is 33.3 Å². The summed E-state index contributed by atoms with van der Waals surface area (Å²) in [5.41, 5.74) is 9.26. The average Bonchev–Trinajstić information content (AvgIpc) is 3.93. The van der Waals surface area contributed by atoms with Crippen LogP contribution in [-0.4, -0.2) is 57.4 Å². The highest BCUT2D eigenvalue weighted by Gasteiger charge is 2.52. The van der Waals surface area contributed by atoms with Crippen LogP contribution in [0.25, 0.3) is 16.6 Å². The van der Waals surface area contributed by atoms with Gasteiger partial charge in [-0.25, -0.2) is 4.98 Å². The Bertz CT molecular complexity index is 2740. The number of ether oxygens (including phenoxy) is 4. The van der Waals surface area contributed by atoms with E-state index in [-0.39, 0.29) is 5.54 Å². The number of allylic oxidation sites excluding steroid dienone is 1. The zero-order valence-electron chi connectivity index (χ0n) is 38.5. The molecule has 3 N–H and O–H groups in total. The third-order valence-electron chi connectivity index (χ3n) is 12.7. The first-order chi connectivity index (χ1) is 31.8. The molecule has 0 aliphatic heterocycles. The maximum atomic E-state index is 11.7. The van der Waals surface area contributed by atoms with Crippen LogP contribution in [0.1, 0.15) is 98.6 Å². The smallest absolute Gasteiger partial charge is 0.179 e. The molecule has 0 saturated heterocycles. The number of nitrogens with one attached hydrogen (secondary N) is 1. The molecule has 14 heteroatoms. The fourth-order valence-electron chi connectivity index (χ4n) is 9.67. The lowest BCUT2D eigenvalue weighted by Gasteiger charge is -2.47. The van der Waals surface area contributed by atoms with Crippen LogP contribution in [0.4, 0.5) is 0 Å². The zero-order chi connectivity index (χ0) is 47.1. The van der Waals surface area contributed by atoms with Crippen molar-refractivity contribution in [2.45, 2.75) is 89.1 Å². The predicted molar refractivity (Wildman–Crippen MR) is 264 cm³/mol. The summed E-state index contributed by atoms with van der Waals surface area (Å²) in [5.74, 6) is 2.04. The molecule has 344 valence electrons. The minimum Gasteiger partial charge on any atom is -0.493 e. The van der Waals surface area contributed by atoms with Crippen LogP contribution in [0, 0.1) is 0 Å². The van der Waals surface area contributed by atoms with E-state index in [2.05, 4.69) is 73.6 Å². The summed E-state index contributed by atoms with van der Waals surface area (Å²) >= 11 is 11.9. The predicted octanol–water partition coefficient (Wildman–Crippen LogP) is 12.4. The van der Waals surface area contributed by atoms with Gasteiger partial charge >= 0.3 is 0 Å². The van der Waals surface area contributed by atoms with Crippen molar-refractivity contribution in [2.24, 2.45) is 0 Å². The lowest BCUT2D eigenvalue weighted by molar-refractivity contribution is 0.215. The van der Waals surface area contributed by atoms with Gasteiger partial charge in [-0.1, -0.05) is 101 Å². The molecule has 1 aliphatic rings. The fraction of sp³-hybridized carbons (Fsp3) is 0.308. The number of rotatable bonds is 16. The molecule has 11 nitrogen and oxygen atoms in total. The number of methoxy groups -OCH3 is 2. The number of aliphatic hydroxyl groups excluding tert-OH is 2. The van der Waals surface area contributed by atoms with Gasteiger partial charge in [0.1, 0.15) is 31.1 Å². The molecule has 0 spiro atoms. The summed E-state index contributed by atoms with van der Waals surface area (Å²) in [5, 5.41) is 24.7. The van der Waals surface area contributed by atoms with Gasteiger partial charge in [-0.2, -0.15) is 0 Å². The molecule has 0 bridgehead atoms. The number of hydrogen-bond donors (Lipinski definition) is 3. The van der Waals surface area contributed by atoms with Crippen molar-refractivity contribution in [3.05, 3.63) is 171 Å². The van der Waals surface area contributed by atoms with Gasteiger partial charge in [0, 0.05) is 62.8 Å². The minimum absolute atomic E-state index is 0.229. The van der Waals surface area contributed by atoms with Crippen molar-refractivity contribution in [3.8, 4) is 23.0 Å². The van der Waals surface area contributed by atoms with E-state index in [1.54, 1.807) is 51.1 Å². The Kier molecular flexibility index (Phi) is 15.5. The first-order valence-electron chi connectivity index (χ1n) is 22.0. The molecule has 7 aromatic rings. The number of nitrogens with zero attached hydrogens (tertiary/aromatic N) is 4. The van der Waals surface area contributed by atoms with Gasteiger partial charge < -0.3 is 34.1 Å². The molecule has 0 fully saturated rings. The molecular formula is C52H57Cl2N5O6Si. The topological polar surface area (TPSA) is 145 Å². The van der Waals surface area contributed by atoms with E-state index in [4.69, 9.17) is 47.1 Å². The summed E-state index contributed by atoms with van der Waals surface area (Å²) in [6.07, 6.45) is 8.97. The van der Waals surface area contributed by atoms with Crippen LogP contribution in [0.3, 0.4) is 0 Å². The third kappa shape index (κ3) is 10.1. The summed E-state index contributed by atoms with van der Waals surface area (Å²) in [4.78, 5) is 21.1. The summed E-state index contributed by atoms with van der Waals surface area (Å²) in [6, 6.07) is 26.1. The SMILES string of the molecule is COc1cc(C(O)C2=CC([Si](C(C)C)(C(C)C)C(C)C)c3ncccc32)ncc1OCc1ccc(Cl)cc1.COc1cc(C(O)c2c[nH]c3ncccc23)ncc1OCc1ccc(Cl)cc1. The number of halogens is 2. The fourth-order valence-corrected chi connectivity index (χ4v) is 17.3. The van der Waals surface area contributed by atoms with Crippen LogP contribution in [0.2, 0.25) is 26.7 Å². The number of aliphatic hydroxyl groups is 2. The number of aromatic amines is 1. The Morgan fingerprint density at radius 3 is 1.65 bits per heavy atom. The van der Waals surface area contributed by atoms with Gasteiger partial charge in [0.2, 0.25) is 0 Å². The molecule has 2 aromatic carbocycles. The summed E-state index contributed by atoms with van der Waals surface area (Å²) in [7, 11) is 1.22. The molecule has 8 rings (SSSR count). The molecule has 5 aromatic heterocycles. The second-order valence-corrected chi connectivity index (χ2v) is 24.3. The van der Waals surface area contributed by atoms with Crippen molar-refractivity contribution >= 4 is 47.9 Å². The Labute approximate surface area is 397 Å². The van der Waals surface area contributed by atoms with Crippen molar-refractivity contribution in [3.63, 3.8) is 0 Å². The van der Waals surface area contributed by atoms with Gasteiger partial charge in [0.15, 0.2) is 23.0 Å². The van der Waals surface area contributed by atoms with Gasteiger partial charge in [0.05, 0.1) is 51.8 Å². The molecule has 5 heterocycles. The maximum absolute atomic E-state index is 11.7. The molecule has 3 atom stereocenters. The van der Waals surface area contributed by atoms with Gasteiger partial charge in [-0.05, 0) is 75.8 Å². The molecule has 66 heavy (non-hydrogen) atoms. The second kappa shape index (κ2) is 21.2. The van der Waals surface area contributed by atoms with Gasteiger partial charge in [-0.3, -0.25) is 15.0 Å². The monoisotopic (exact) mass is 945 g/mol. The Balaban J connectivity index is 0.000000205. The van der Waals surface area contributed by atoms with E-state index < -0.39 is 20.3 Å². The van der Waals surface area contributed by atoms with Gasteiger partial charge in [-0.15, -0.1) is 0 Å². The van der Waals surface area contributed by atoms with Crippen LogP contribution < -0.4 is 18.9 Å². The van der Waals surface area contributed by atoms with E-state index in [1.807, 2.05) is 72.9 Å². The van der Waals surface area contributed by atoms with E-state index in [9.17, 15) is 10.2 Å². The number of benzene rings is 2. The Morgan fingerprint density at radius 2 is 1.14 bits per heavy atom. The Morgan fingerprint density at radius 1 is 0.636 bits per heavy atom. The molecule has 1 aliphatic carbocycles. The highest BCUT2D eigenvalue weighted by Crippen LogP contribution is 2.55. The number of hydrogen-bond acceptors (Lipinski definition) is 10. The summed E-state index contributed by atoms with van der Waals surface area (Å²) in [6.45, 7) is 14.9. The normalized spacial score (nSPS) is 14.4. The minimum atomic E-state index is -1.93. The first kappa shape index (κ1) is 48.2. The van der Waals surface area contributed by atoms with Crippen molar-refractivity contribution < 1.29 is 29.2 Å². The van der Waals surface area contributed by atoms with Crippen molar-refractivity contribution in [2.75, 3.05) is 14.2 Å². The molecular weight excluding hydrogens is 890 g/mol. The molecule has 3 unspecified atom stereocenters. The maximum Gasteiger partial charge on any atom is 0.179 e. The molecule has 0 radical (unpaired) electrons. The number of aromatic nitrogens is 5. The zero-order valence-corrected chi connectivity index (χ0v) is 41.0. The standard InChI is InChI=1S/C31H39ClN2O3Si.C21H18ClN3O3/c1-19(2)38(20(3)4,21(5)6)29-15-25(24-9-8-14-33-30(24)29)31(35)26-16-27(36-7)28(17-34-26)37-18-22-10-12-23(32)13-11-22;1-27-18-9-17(20(26)16-10-25-21-15(16)3-2-8-23-21)24-11-19(18)28-12-13-4-6-14(22)7-5-13/h8-17,19-21,29,31,35H,18H2,1-7H3;2-11,20,26H,12H2,1H3,(H,23,25). The van der Waals surface area contributed by atoms with Gasteiger partial charge in [0.25, 0.3) is 0 Å². The van der Waals surface area contributed by atoms with E-state index in [0.29, 0.717) is 85.5 Å². The van der Waals surface area contributed by atoms with Crippen molar-refractivity contribution in [1.29, 1.82) is 0 Å². The van der Waals surface area contributed by atoms with Crippen LogP contribution in [0.15, 0.2) is 122 Å². The Hall–Kier alpha value is -5.76. The van der Waals surface area contributed by atoms with Crippen LogP contribution in [-0.2, 0) is 13.2 Å². The van der Waals surface area contributed by atoms with Crippen LogP contribution >= 0.6 is 23.2 Å². The quantitative estimate of drug-likeness (QED) is 0.0801. The third-order valence-corrected chi connectivity index (χ3v) is 20.7.